The van der Waals surface area contributed by atoms with Gasteiger partial charge in [-0.3, -0.25) is 4.90 Å². The predicted molar refractivity (Wildman–Crippen MR) is 85.4 cm³/mol. The van der Waals surface area contributed by atoms with Gasteiger partial charge < -0.3 is 0 Å². The molecule has 1 aliphatic rings. The first kappa shape index (κ1) is 17.9. The lowest BCUT2D eigenvalue weighted by molar-refractivity contribution is 0.0909. The second-order valence-electron chi connectivity index (χ2n) is 8.21. The van der Waals surface area contributed by atoms with Crippen LogP contribution in [0.4, 0.5) is 0 Å². The average molecular weight is 305 g/mol. The first-order valence-corrected chi connectivity index (χ1v) is 9.26. The molecule has 0 bridgehead atoms. The van der Waals surface area contributed by atoms with E-state index >= 15 is 0 Å². The molecule has 0 saturated heterocycles. The third kappa shape index (κ3) is 3.74. The van der Waals surface area contributed by atoms with Crippen molar-refractivity contribution in [1.82, 2.24) is 9.21 Å². The van der Waals surface area contributed by atoms with E-state index in [9.17, 15) is 8.42 Å². The smallest absolute Gasteiger partial charge is 0.211 e. The Morgan fingerprint density at radius 2 is 1.45 bits per heavy atom. The lowest BCUT2D eigenvalue weighted by atomic mass is 9.83. The number of likely N-dealkylation sites (N-methyl/N-ethyl adjacent to an activating group) is 1. The molecule has 1 aliphatic carbocycles. The highest BCUT2D eigenvalue weighted by Gasteiger charge is 2.54. The van der Waals surface area contributed by atoms with E-state index in [-0.39, 0.29) is 16.5 Å². The van der Waals surface area contributed by atoms with Crippen molar-refractivity contribution in [3.05, 3.63) is 0 Å². The molecule has 0 atom stereocenters. The molecule has 4 nitrogen and oxygen atoms in total. The van der Waals surface area contributed by atoms with E-state index in [2.05, 4.69) is 32.7 Å². The molecule has 120 valence electrons. The van der Waals surface area contributed by atoms with E-state index in [0.717, 1.165) is 6.54 Å². The predicted octanol–water partition coefficient (Wildman–Crippen LogP) is 2.56. The zero-order valence-electron chi connectivity index (χ0n) is 14.4. The monoisotopic (exact) mass is 304 g/mol. The summed E-state index contributed by atoms with van der Waals surface area (Å²) in [5, 5.41) is 0. The van der Waals surface area contributed by atoms with Crippen LogP contribution in [0.15, 0.2) is 0 Å². The van der Waals surface area contributed by atoms with Crippen molar-refractivity contribution in [2.75, 3.05) is 26.4 Å². The first-order chi connectivity index (χ1) is 8.72. The molecule has 0 aromatic rings. The van der Waals surface area contributed by atoms with Crippen molar-refractivity contribution in [2.45, 2.75) is 65.5 Å². The molecular formula is C15H32N2O2S. The molecule has 1 saturated carbocycles. The fraction of sp³-hybridized carbons (Fsp3) is 1.00. The summed E-state index contributed by atoms with van der Waals surface area (Å²) in [6.07, 6.45) is 3.72. The summed E-state index contributed by atoms with van der Waals surface area (Å²) in [7, 11) is -1.05. The Morgan fingerprint density at radius 3 is 1.70 bits per heavy atom. The van der Waals surface area contributed by atoms with Gasteiger partial charge in [0.15, 0.2) is 0 Å². The van der Waals surface area contributed by atoms with Crippen molar-refractivity contribution in [2.24, 2.45) is 5.41 Å². The molecule has 20 heavy (non-hydrogen) atoms. The van der Waals surface area contributed by atoms with E-state index in [1.807, 2.05) is 20.8 Å². The molecule has 0 unspecified atom stereocenters. The number of nitrogens with zero attached hydrogens (tertiary/aromatic N) is 2. The van der Waals surface area contributed by atoms with Crippen molar-refractivity contribution in [1.29, 1.82) is 0 Å². The highest BCUT2D eigenvalue weighted by Crippen LogP contribution is 2.53. The Balaban J connectivity index is 2.76. The van der Waals surface area contributed by atoms with E-state index in [4.69, 9.17) is 0 Å². The van der Waals surface area contributed by atoms with Crippen LogP contribution in [-0.2, 0) is 10.0 Å². The first-order valence-electron chi connectivity index (χ1n) is 7.41. The summed E-state index contributed by atoms with van der Waals surface area (Å²) in [5.74, 6) is 0. The van der Waals surface area contributed by atoms with Gasteiger partial charge in [-0.15, -0.1) is 0 Å². The molecule has 1 rings (SSSR count). The zero-order chi connectivity index (χ0) is 16.0. The van der Waals surface area contributed by atoms with Gasteiger partial charge in [0, 0.05) is 24.2 Å². The van der Waals surface area contributed by atoms with Gasteiger partial charge in [-0.2, -0.15) is 4.31 Å². The standard InChI is InChI=1S/C15H32N2O2S/c1-13(2,3)15(9-10-15)16(7)11-12-17(14(4,5)6)20(8,18)19/h9-12H2,1-8H3. The van der Waals surface area contributed by atoms with Crippen LogP contribution in [0.3, 0.4) is 0 Å². The Hall–Kier alpha value is -0.130. The molecule has 0 spiro atoms. The molecule has 5 heteroatoms. The van der Waals surface area contributed by atoms with Crippen LogP contribution in [-0.4, -0.2) is 55.1 Å². The van der Waals surface area contributed by atoms with Crippen LogP contribution in [0, 0.1) is 5.41 Å². The lowest BCUT2D eigenvalue weighted by Gasteiger charge is -2.41. The van der Waals surface area contributed by atoms with Crippen LogP contribution in [0.2, 0.25) is 0 Å². The van der Waals surface area contributed by atoms with E-state index < -0.39 is 10.0 Å². The Morgan fingerprint density at radius 1 is 1.00 bits per heavy atom. The Kier molecular flexibility index (Phi) is 4.71. The normalized spacial score (nSPS) is 19.7. The number of sulfonamides is 1. The lowest BCUT2D eigenvalue weighted by Crippen LogP contribution is -2.51. The molecule has 0 aromatic heterocycles. The van der Waals surface area contributed by atoms with Crippen LogP contribution in [0.25, 0.3) is 0 Å². The quantitative estimate of drug-likeness (QED) is 0.784. The van der Waals surface area contributed by atoms with Gasteiger partial charge >= 0.3 is 0 Å². The summed E-state index contributed by atoms with van der Waals surface area (Å²) < 4.78 is 25.5. The molecule has 0 aromatic carbocycles. The van der Waals surface area contributed by atoms with Crippen LogP contribution in [0.1, 0.15) is 54.4 Å². The molecular weight excluding hydrogens is 272 g/mol. The fourth-order valence-electron chi connectivity index (χ4n) is 3.28. The molecule has 0 radical (unpaired) electrons. The van der Waals surface area contributed by atoms with E-state index in [1.54, 1.807) is 4.31 Å². The maximum Gasteiger partial charge on any atom is 0.211 e. The average Bonchev–Trinajstić information content (AvgIpc) is 2.91. The minimum Gasteiger partial charge on any atom is -0.299 e. The van der Waals surface area contributed by atoms with Gasteiger partial charge in [-0.25, -0.2) is 8.42 Å². The van der Waals surface area contributed by atoms with Crippen LogP contribution in [0.5, 0.6) is 0 Å². The second kappa shape index (κ2) is 5.25. The molecule has 1 fully saturated rings. The molecule has 0 aliphatic heterocycles. The largest absolute Gasteiger partial charge is 0.299 e. The minimum atomic E-state index is -3.17. The van der Waals surface area contributed by atoms with Crippen LogP contribution >= 0.6 is 0 Å². The number of rotatable bonds is 5. The number of hydrogen-bond donors (Lipinski definition) is 0. The SMILES string of the molecule is CN(CCN(C(C)(C)C)S(C)(=O)=O)C1(C(C)(C)C)CC1. The van der Waals surface area contributed by atoms with Gasteiger partial charge in [-0.05, 0) is 46.1 Å². The summed E-state index contributed by atoms with van der Waals surface area (Å²) in [6, 6.07) is 0. The van der Waals surface area contributed by atoms with Gasteiger partial charge in [-0.1, -0.05) is 20.8 Å². The van der Waals surface area contributed by atoms with E-state index in [1.165, 1.54) is 19.1 Å². The van der Waals surface area contributed by atoms with Gasteiger partial charge in [0.2, 0.25) is 10.0 Å². The third-order valence-corrected chi connectivity index (χ3v) is 6.17. The highest BCUT2D eigenvalue weighted by atomic mass is 32.2. The summed E-state index contributed by atoms with van der Waals surface area (Å²) in [5.41, 5.74) is 0.111. The topological polar surface area (TPSA) is 40.6 Å². The second-order valence-corrected chi connectivity index (χ2v) is 10.1. The van der Waals surface area contributed by atoms with Gasteiger partial charge in [0.1, 0.15) is 0 Å². The van der Waals surface area contributed by atoms with Crippen LogP contribution < -0.4 is 0 Å². The van der Waals surface area contributed by atoms with Crippen molar-refractivity contribution in [3.63, 3.8) is 0 Å². The summed E-state index contributed by atoms with van der Waals surface area (Å²) in [6.45, 7) is 14.0. The number of hydrogen-bond acceptors (Lipinski definition) is 3. The maximum atomic E-state index is 12.0. The Labute approximate surface area is 125 Å². The summed E-state index contributed by atoms with van der Waals surface area (Å²) >= 11 is 0. The van der Waals surface area contributed by atoms with Crippen molar-refractivity contribution < 1.29 is 8.42 Å². The van der Waals surface area contributed by atoms with Crippen molar-refractivity contribution in [3.8, 4) is 0 Å². The van der Waals surface area contributed by atoms with E-state index in [0.29, 0.717) is 6.54 Å². The summed E-state index contributed by atoms with van der Waals surface area (Å²) in [4.78, 5) is 2.36. The minimum absolute atomic E-state index is 0.236. The maximum absolute atomic E-state index is 12.0. The van der Waals surface area contributed by atoms with Crippen molar-refractivity contribution >= 4 is 10.0 Å². The molecule has 0 amide bonds. The Bertz CT molecular complexity index is 439. The fourth-order valence-corrected chi connectivity index (χ4v) is 4.68. The molecule has 0 N–H and O–H groups in total. The zero-order valence-corrected chi connectivity index (χ0v) is 15.3. The third-order valence-electron chi connectivity index (χ3n) is 4.64. The van der Waals surface area contributed by atoms with Gasteiger partial charge in [0.25, 0.3) is 0 Å². The molecule has 0 heterocycles. The highest BCUT2D eigenvalue weighted by molar-refractivity contribution is 7.88. The van der Waals surface area contributed by atoms with Gasteiger partial charge in [0.05, 0.1) is 6.26 Å².